The van der Waals surface area contributed by atoms with Crippen molar-refractivity contribution in [1.29, 1.82) is 0 Å². The van der Waals surface area contributed by atoms with Crippen LogP contribution in [0.3, 0.4) is 0 Å². The van der Waals surface area contributed by atoms with Gasteiger partial charge in [-0.1, -0.05) is 6.92 Å². The van der Waals surface area contributed by atoms with Gasteiger partial charge in [-0.05, 0) is 80.6 Å². The normalized spacial score (nSPS) is 15.0. The minimum Gasteiger partial charge on any atom is -0.460 e. The molecule has 1 unspecified atom stereocenters. The van der Waals surface area contributed by atoms with Crippen LogP contribution in [-0.2, 0) is 28.5 Å². The summed E-state index contributed by atoms with van der Waals surface area (Å²) in [7, 11) is 0. The van der Waals surface area contributed by atoms with E-state index < -0.39 is 11.2 Å². The first kappa shape index (κ1) is 27.9. The number of ether oxygens (including phenoxy) is 4. The zero-order chi connectivity index (χ0) is 22.9. The van der Waals surface area contributed by atoms with Gasteiger partial charge in [0.15, 0.2) is 0 Å². The first-order chi connectivity index (χ1) is 13.0. The fourth-order valence-corrected chi connectivity index (χ4v) is 3.03. The Kier molecular flexibility index (Phi) is 10.9. The molecule has 0 bridgehead atoms. The molecular weight excluding hydrogens is 372 g/mol. The molecule has 0 aliphatic carbocycles. The average Bonchev–Trinajstić information content (AvgIpc) is 2.54. The molecule has 172 valence electrons. The van der Waals surface area contributed by atoms with Gasteiger partial charge in [-0.3, -0.25) is 9.59 Å². The standard InChI is InChI=1S/C23H44O6/c1-11-23(10,29-19(3)25)15-14-21(6,7)27-17-16-26-20(4,5)12-13-22(8,9)28-18(2)24/h11-17H2,1-10H3. The first-order valence-corrected chi connectivity index (χ1v) is 10.7. The second-order valence-corrected chi connectivity index (χ2v) is 9.97. The van der Waals surface area contributed by atoms with Crippen molar-refractivity contribution in [1.82, 2.24) is 0 Å². The Labute approximate surface area is 178 Å². The molecule has 0 saturated carbocycles. The van der Waals surface area contributed by atoms with Crippen molar-refractivity contribution in [2.24, 2.45) is 0 Å². The van der Waals surface area contributed by atoms with E-state index in [1.54, 1.807) is 0 Å². The van der Waals surface area contributed by atoms with Gasteiger partial charge in [0.1, 0.15) is 11.2 Å². The summed E-state index contributed by atoms with van der Waals surface area (Å²) < 4.78 is 22.9. The molecule has 0 aromatic heterocycles. The summed E-state index contributed by atoms with van der Waals surface area (Å²) >= 11 is 0. The van der Waals surface area contributed by atoms with Crippen LogP contribution in [0.4, 0.5) is 0 Å². The van der Waals surface area contributed by atoms with Gasteiger partial charge >= 0.3 is 11.9 Å². The van der Waals surface area contributed by atoms with Gasteiger partial charge in [0.05, 0.1) is 24.4 Å². The van der Waals surface area contributed by atoms with Gasteiger partial charge in [-0.2, -0.15) is 0 Å². The van der Waals surface area contributed by atoms with Crippen LogP contribution < -0.4 is 0 Å². The molecule has 6 heteroatoms. The van der Waals surface area contributed by atoms with Crippen LogP contribution in [0, 0.1) is 0 Å². The van der Waals surface area contributed by atoms with Crippen molar-refractivity contribution in [3.05, 3.63) is 0 Å². The molecule has 0 aliphatic heterocycles. The lowest BCUT2D eigenvalue weighted by molar-refractivity contribution is -0.159. The lowest BCUT2D eigenvalue weighted by atomic mass is 9.90. The maximum Gasteiger partial charge on any atom is 0.303 e. The van der Waals surface area contributed by atoms with Crippen LogP contribution in [0.2, 0.25) is 0 Å². The van der Waals surface area contributed by atoms with E-state index in [0.717, 1.165) is 32.1 Å². The van der Waals surface area contributed by atoms with Crippen LogP contribution in [0.25, 0.3) is 0 Å². The van der Waals surface area contributed by atoms with Crippen molar-refractivity contribution < 1.29 is 28.5 Å². The quantitative estimate of drug-likeness (QED) is 0.286. The molecule has 0 heterocycles. The van der Waals surface area contributed by atoms with Crippen LogP contribution in [-0.4, -0.2) is 47.6 Å². The van der Waals surface area contributed by atoms with Crippen molar-refractivity contribution in [3.8, 4) is 0 Å². The number of rotatable bonds is 14. The Bertz CT molecular complexity index is 523. The number of hydrogen-bond donors (Lipinski definition) is 0. The molecule has 0 aliphatic rings. The predicted molar refractivity (Wildman–Crippen MR) is 115 cm³/mol. The van der Waals surface area contributed by atoms with Crippen LogP contribution >= 0.6 is 0 Å². The van der Waals surface area contributed by atoms with Gasteiger partial charge in [0.2, 0.25) is 0 Å². The van der Waals surface area contributed by atoms with Gasteiger partial charge in [0.25, 0.3) is 0 Å². The van der Waals surface area contributed by atoms with E-state index in [1.807, 2.05) is 55.4 Å². The van der Waals surface area contributed by atoms with E-state index in [2.05, 4.69) is 0 Å². The van der Waals surface area contributed by atoms with Crippen LogP contribution in [0.5, 0.6) is 0 Å². The summed E-state index contributed by atoms with van der Waals surface area (Å²) in [4.78, 5) is 22.5. The Morgan fingerprint density at radius 2 is 1.00 bits per heavy atom. The SMILES string of the molecule is CCC(C)(CCC(C)(C)OCCOC(C)(C)CCC(C)(C)OC(C)=O)OC(C)=O. The highest BCUT2D eigenvalue weighted by Crippen LogP contribution is 2.28. The van der Waals surface area contributed by atoms with E-state index in [1.165, 1.54) is 13.8 Å². The highest BCUT2D eigenvalue weighted by molar-refractivity contribution is 5.66. The number of carbonyl (C=O) groups excluding carboxylic acids is 2. The summed E-state index contributed by atoms with van der Waals surface area (Å²) in [5.74, 6) is -0.516. The Morgan fingerprint density at radius 3 is 1.38 bits per heavy atom. The molecule has 0 saturated heterocycles. The molecule has 0 spiro atoms. The molecule has 1 atom stereocenters. The molecule has 0 radical (unpaired) electrons. The third kappa shape index (κ3) is 13.7. The van der Waals surface area contributed by atoms with E-state index in [-0.39, 0.29) is 23.1 Å². The van der Waals surface area contributed by atoms with Crippen LogP contribution in [0.15, 0.2) is 0 Å². The van der Waals surface area contributed by atoms with Gasteiger partial charge in [-0.15, -0.1) is 0 Å². The second kappa shape index (κ2) is 11.3. The van der Waals surface area contributed by atoms with Crippen LogP contribution in [0.1, 0.15) is 101 Å². The van der Waals surface area contributed by atoms with E-state index in [9.17, 15) is 9.59 Å². The van der Waals surface area contributed by atoms with Crippen molar-refractivity contribution in [2.75, 3.05) is 13.2 Å². The average molecular weight is 417 g/mol. The smallest absolute Gasteiger partial charge is 0.303 e. The zero-order valence-corrected chi connectivity index (χ0v) is 20.4. The third-order valence-electron chi connectivity index (χ3n) is 5.21. The summed E-state index contributed by atoms with van der Waals surface area (Å²) in [6.45, 7) is 19.8. The highest BCUT2D eigenvalue weighted by Gasteiger charge is 2.30. The molecular formula is C23H44O6. The van der Waals surface area contributed by atoms with Gasteiger partial charge in [0, 0.05) is 13.8 Å². The number of carbonyl (C=O) groups is 2. The summed E-state index contributed by atoms with van der Waals surface area (Å²) in [6, 6.07) is 0. The largest absolute Gasteiger partial charge is 0.460 e. The van der Waals surface area contributed by atoms with Crippen molar-refractivity contribution in [2.45, 2.75) is 124 Å². The highest BCUT2D eigenvalue weighted by atomic mass is 16.6. The number of esters is 2. The Hall–Kier alpha value is -1.14. The maximum absolute atomic E-state index is 11.3. The first-order valence-electron chi connectivity index (χ1n) is 10.7. The number of hydrogen-bond acceptors (Lipinski definition) is 6. The van der Waals surface area contributed by atoms with Crippen molar-refractivity contribution >= 4 is 11.9 Å². The lowest BCUT2D eigenvalue weighted by Gasteiger charge is -2.34. The minimum absolute atomic E-state index is 0.249. The molecule has 0 aromatic rings. The zero-order valence-electron chi connectivity index (χ0n) is 20.4. The Morgan fingerprint density at radius 1 is 0.621 bits per heavy atom. The molecule has 0 fully saturated rings. The molecule has 6 nitrogen and oxygen atoms in total. The summed E-state index contributed by atoms with van der Waals surface area (Å²) in [6.07, 6.45) is 3.79. The van der Waals surface area contributed by atoms with Gasteiger partial charge < -0.3 is 18.9 Å². The fourth-order valence-electron chi connectivity index (χ4n) is 3.03. The molecule has 0 N–H and O–H groups in total. The maximum atomic E-state index is 11.3. The lowest BCUT2D eigenvalue weighted by Crippen LogP contribution is -2.36. The monoisotopic (exact) mass is 416 g/mol. The predicted octanol–water partition coefficient (Wildman–Crippen LogP) is 5.21. The molecule has 0 amide bonds. The second-order valence-electron chi connectivity index (χ2n) is 9.97. The fraction of sp³-hybridized carbons (Fsp3) is 0.913. The Balaban J connectivity index is 4.35. The molecule has 29 heavy (non-hydrogen) atoms. The molecule has 0 aromatic carbocycles. The van der Waals surface area contributed by atoms with E-state index >= 15 is 0 Å². The van der Waals surface area contributed by atoms with Gasteiger partial charge in [-0.25, -0.2) is 0 Å². The third-order valence-corrected chi connectivity index (χ3v) is 5.21. The summed E-state index contributed by atoms with van der Waals surface area (Å²) in [5, 5.41) is 0. The minimum atomic E-state index is -0.501. The van der Waals surface area contributed by atoms with Crippen molar-refractivity contribution in [3.63, 3.8) is 0 Å². The topological polar surface area (TPSA) is 71.1 Å². The molecule has 0 rings (SSSR count). The van der Waals surface area contributed by atoms with E-state index in [0.29, 0.717) is 13.2 Å². The van der Waals surface area contributed by atoms with E-state index in [4.69, 9.17) is 18.9 Å². The summed E-state index contributed by atoms with van der Waals surface area (Å²) in [5.41, 5.74) is -1.62.